The Balaban J connectivity index is 1.06. The van der Waals surface area contributed by atoms with Gasteiger partial charge in [0.25, 0.3) is 17.1 Å². The van der Waals surface area contributed by atoms with Gasteiger partial charge < -0.3 is 40.3 Å². The van der Waals surface area contributed by atoms with Gasteiger partial charge in [-0.1, -0.05) is 6.92 Å². The minimum absolute atomic E-state index is 0.0154. The fourth-order valence-corrected chi connectivity index (χ4v) is 10.5. The van der Waals surface area contributed by atoms with E-state index in [2.05, 4.69) is 0 Å². The number of esters is 2. The van der Waals surface area contributed by atoms with Crippen LogP contribution in [0.4, 0.5) is 21.9 Å². The maximum Gasteiger partial charge on any atom is 0.410 e. The fraction of sp³-hybridized carbons (Fsp3) is 0.422. The Morgan fingerprint density at radius 1 is 0.826 bits per heavy atom. The number of nitro groups is 3. The van der Waals surface area contributed by atoms with Crippen molar-refractivity contribution < 1.29 is 58.1 Å². The normalized spacial score (nSPS) is 22.6. The SMILES string of the molecule is C[C@@H](O)[C@H]1C(=O)N2C(C(=O)OCc3ccc([N+](=O)[O-])cc3)=C(S[C@H]3C[C@@H](C(=O)N4CC[C@H](C(=N)C(N)CC(=O)OCc5ccc([N+](=O)[O-])cc5)C4)N(C(=O)OCc4ccc([N+](=O)[O-])cc4)C3)[C@H](C)[C@H]12. The molecule has 3 saturated heterocycles. The predicted molar refractivity (Wildman–Crippen MR) is 243 cm³/mol. The number of likely N-dealkylation sites (tertiary alicyclic amines) is 2. The summed E-state index contributed by atoms with van der Waals surface area (Å²) in [6.45, 7) is 2.74. The standard InChI is InChI=1S/C45H48N8O15S/c1-24-39-37(25(2)54)43(57)50(39)40(44(58)67-22-27-5-11-31(12-6-27)52(62)63)41(24)69-33-17-35(49(20-33)45(59)68-23-28-7-13-32(14-8-28)53(64)65)42(56)48-16-15-29(19-48)38(47)34(46)18-36(55)66-21-26-3-9-30(10-4-26)51(60)61/h3-14,24-25,29,33-35,37,39,47,54H,15-23,46H2,1-2H3/t24-,25-,29+,33+,34?,35+,37-,39-/m1/s1. The fourth-order valence-electron chi connectivity index (χ4n) is 8.99. The number of nitro benzene ring substituents is 3. The van der Waals surface area contributed by atoms with E-state index in [1.807, 2.05) is 0 Å². The number of benzene rings is 3. The van der Waals surface area contributed by atoms with E-state index in [1.54, 1.807) is 6.92 Å². The van der Waals surface area contributed by atoms with Gasteiger partial charge in [-0.25, -0.2) is 9.59 Å². The van der Waals surface area contributed by atoms with Crippen molar-refractivity contribution in [2.24, 2.45) is 23.5 Å². The van der Waals surface area contributed by atoms with Crippen LogP contribution in [0.25, 0.3) is 0 Å². The molecule has 8 atom stereocenters. The first-order valence-electron chi connectivity index (χ1n) is 21.8. The number of nitrogens with one attached hydrogen (secondary N) is 1. The Kier molecular flexibility index (Phi) is 15.0. The van der Waals surface area contributed by atoms with Crippen LogP contribution >= 0.6 is 11.8 Å². The number of nitrogens with zero attached hydrogens (tertiary/aromatic N) is 6. The minimum atomic E-state index is -1.10. The topological polar surface area (TPSA) is 322 Å². The average Bonchev–Trinajstić information content (AvgIpc) is 4.05. The molecule has 4 heterocycles. The third-order valence-electron chi connectivity index (χ3n) is 12.7. The molecule has 3 aromatic carbocycles. The molecule has 0 saturated carbocycles. The van der Waals surface area contributed by atoms with Gasteiger partial charge in [0.05, 0.1) is 45.3 Å². The molecule has 3 amide bonds. The quantitative estimate of drug-likeness (QED) is 0.0398. The molecule has 0 aliphatic carbocycles. The third-order valence-corrected chi connectivity index (χ3v) is 14.2. The maximum absolute atomic E-state index is 14.5. The van der Waals surface area contributed by atoms with Crippen molar-refractivity contribution in [3.63, 3.8) is 0 Å². The number of aliphatic hydroxyl groups is 1. The number of nitrogens with two attached hydrogens (primary N) is 1. The number of hydrogen-bond donors (Lipinski definition) is 3. The summed E-state index contributed by atoms with van der Waals surface area (Å²) >= 11 is 1.20. The van der Waals surface area contributed by atoms with Crippen LogP contribution in [0.1, 0.15) is 49.8 Å². The number of rotatable bonds is 18. The van der Waals surface area contributed by atoms with Crippen LogP contribution in [0.5, 0.6) is 0 Å². The maximum atomic E-state index is 14.5. The zero-order valence-electron chi connectivity index (χ0n) is 37.2. The Hall–Kier alpha value is -7.31. The van der Waals surface area contributed by atoms with Gasteiger partial charge in [0.1, 0.15) is 31.6 Å². The zero-order chi connectivity index (χ0) is 49.8. The molecule has 0 bridgehead atoms. The highest BCUT2D eigenvalue weighted by Gasteiger charge is 2.61. The van der Waals surface area contributed by atoms with Gasteiger partial charge in [-0.05, 0) is 72.9 Å². The summed E-state index contributed by atoms with van der Waals surface area (Å²) in [5, 5.41) is 52.1. The van der Waals surface area contributed by atoms with Gasteiger partial charge in [0.15, 0.2) is 0 Å². The number of hydrogen-bond acceptors (Lipinski definition) is 18. The molecule has 364 valence electrons. The van der Waals surface area contributed by atoms with Crippen molar-refractivity contribution in [3.8, 4) is 0 Å². The number of aliphatic hydroxyl groups excluding tert-OH is 1. The molecule has 1 unspecified atom stereocenters. The molecule has 3 fully saturated rings. The molecule has 24 heteroatoms. The first-order chi connectivity index (χ1) is 32.8. The number of non-ortho nitro benzene ring substituents is 3. The van der Waals surface area contributed by atoms with Crippen molar-refractivity contribution in [2.75, 3.05) is 19.6 Å². The number of thioether (sulfide) groups is 1. The van der Waals surface area contributed by atoms with Crippen LogP contribution in [0.3, 0.4) is 0 Å². The smallest absolute Gasteiger partial charge is 0.410 e. The highest BCUT2D eigenvalue weighted by Crippen LogP contribution is 2.52. The summed E-state index contributed by atoms with van der Waals surface area (Å²) in [4.78, 5) is 105. The molecule has 4 aliphatic heterocycles. The first-order valence-corrected chi connectivity index (χ1v) is 22.7. The second-order valence-corrected chi connectivity index (χ2v) is 18.6. The van der Waals surface area contributed by atoms with E-state index >= 15 is 0 Å². The van der Waals surface area contributed by atoms with Crippen LogP contribution in [-0.2, 0) is 53.2 Å². The second kappa shape index (κ2) is 20.9. The summed E-state index contributed by atoms with van der Waals surface area (Å²) in [6, 6.07) is 13.5. The molecule has 0 spiro atoms. The molecular formula is C45H48N8O15S. The van der Waals surface area contributed by atoms with Gasteiger partial charge in [-0.3, -0.25) is 49.6 Å². The van der Waals surface area contributed by atoms with Crippen molar-refractivity contribution in [3.05, 3.63) is 130 Å². The van der Waals surface area contributed by atoms with E-state index in [1.165, 1.54) is 106 Å². The lowest BCUT2D eigenvalue weighted by Crippen LogP contribution is -2.63. The molecule has 3 aromatic rings. The first kappa shape index (κ1) is 49.6. The molecule has 7 rings (SSSR count). The number of carbonyl (C=O) groups is 5. The monoisotopic (exact) mass is 972 g/mol. The van der Waals surface area contributed by atoms with E-state index in [0.717, 1.165) is 0 Å². The summed E-state index contributed by atoms with van der Waals surface area (Å²) < 4.78 is 16.6. The zero-order valence-corrected chi connectivity index (χ0v) is 38.1. The minimum Gasteiger partial charge on any atom is -0.461 e. The number of fused-ring (bicyclic) bond motifs is 1. The Labute approximate surface area is 397 Å². The lowest BCUT2D eigenvalue weighted by atomic mass is 9.79. The van der Waals surface area contributed by atoms with Crippen molar-refractivity contribution in [1.29, 1.82) is 5.41 Å². The van der Waals surface area contributed by atoms with E-state index in [0.29, 0.717) is 28.0 Å². The number of carbonyl (C=O) groups excluding carboxylic acids is 5. The second-order valence-electron chi connectivity index (χ2n) is 17.2. The van der Waals surface area contributed by atoms with Gasteiger partial charge in [-0.15, -0.1) is 11.8 Å². The van der Waals surface area contributed by atoms with Gasteiger partial charge >= 0.3 is 18.0 Å². The molecule has 0 radical (unpaired) electrons. The van der Waals surface area contributed by atoms with Crippen molar-refractivity contribution in [1.82, 2.24) is 14.7 Å². The van der Waals surface area contributed by atoms with Crippen LogP contribution < -0.4 is 5.73 Å². The highest BCUT2D eigenvalue weighted by atomic mass is 32.2. The number of amides is 3. The van der Waals surface area contributed by atoms with Crippen molar-refractivity contribution in [2.45, 2.75) is 82.4 Å². The van der Waals surface area contributed by atoms with Crippen molar-refractivity contribution >= 4 is 64.4 Å². The molecular weight excluding hydrogens is 925 g/mol. The molecule has 69 heavy (non-hydrogen) atoms. The van der Waals surface area contributed by atoms with Crippen LogP contribution in [-0.4, -0.2) is 119 Å². The summed E-state index contributed by atoms with van der Waals surface area (Å²) in [6.07, 6.45) is -1.85. The number of ether oxygens (including phenoxy) is 3. The summed E-state index contributed by atoms with van der Waals surface area (Å²) in [5.74, 6) is -4.33. The molecule has 0 aromatic heterocycles. The predicted octanol–water partition coefficient (Wildman–Crippen LogP) is 4.37. The highest BCUT2D eigenvalue weighted by molar-refractivity contribution is 8.03. The molecule has 4 aliphatic rings. The van der Waals surface area contributed by atoms with Crippen LogP contribution in [0, 0.1) is 53.5 Å². The van der Waals surface area contributed by atoms with E-state index in [9.17, 15) is 59.4 Å². The van der Waals surface area contributed by atoms with Gasteiger partial charge in [-0.2, -0.15) is 0 Å². The lowest BCUT2D eigenvalue weighted by molar-refractivity contribution is -0.385. The Bertz CT molecular complexity index is 2580. The Morgan fingerprint density at radius 2 is 1.33 bits per heavy atom. The van der Waals surface area contributed by atoms with E-state index in [4.69, 9.17) is 25.4 Å². The van der Waals surface area contributed by atoms with E-state index < -0.39 is 91.8 Å². The van der Waals surface area contributed by atoms with Crippen LogP contribution in [0.15, 0.2) is 83.4 Å². The largest absolute Gasteiger partial charge is 0.461 e. The van der Waals surface area contributed by atoms with Gasteiger partial charge in [0, 0.05) is 83.7 Å². The van der Waals surface area contributed by atoms with Crippen LogP contribution in [0.2, 0.25) is 0 Å². The molecule has 4 N–H and O–H groups in total. The Morgan fingerprint density at radius 3 is 1.84 bits per heavy atom. The third kappa shape index (κ3) is 10.9. The van der Waals surface area contributed by atoms with E-state index in [-0.39, 0.29) is 80.8 Å². The summed E-state index contributed by atoms with van der Waals surface area (Å²) in [5.41, 5.74) is 7.22. The number of β-lactam (4-membered cyclic amide) rings is 1. The summed E-state index contributed by atoms with van der Waals surface area (Å²) in [7, 11) is 0. The molecule has 23 nitrogen and oxygen atoms in total. The lowest BCUT2D eigenvalue weighted by Gasteiger charge is -2.46. The van der Waals surface area contributed by atoms with Gasteiger partial charge in [0.2, 0.25) is 11.8 Å². The average molecular weight is 973 g/mol.